The van der Waals surface area contributed by atoms with Gasteiger partial charge in [0.1, 0.15) is 0 Å². The first-order valence-electron chi connectivity index (χ1n) is 9.98. The van der Waals surface area contributed by atoms with E-state index in [1.807, 2.05) is 67.6 Å². The van der Waals surface area contributed by atoms with Crippen LogP contribution in [0.2, 0.25) is 0 Å². The molecule has 3 aromatic rings. The van der Waals surface area contributed by atoms with Gasteiger partial charge in [0.25, 0.3) is 5.91 Å². The number of hydrogen-bond acceptors (Lipinski definition) is 4. The summed E-state index contributed by atoms with van der Waals surface area (Å²) >= 11 is 0. The topological polar surface area (TPSA) is 73.6 Å². The lowest BCUT2D eigenvalue weighted by Gasteiger charge is -2.34. The number of imidazole rings is 1. The number of Topliss-reactive ketones (excluding diaryl/α,β-unsaturated/α-hetero) is 1. The molecule has 0 bridgehead atoms. The van der Waals surface area contributed by atoms with Crippen molar-refractivity contribution in [1.82, 2.24) is 9.55 Å². The van der Waals surface area contributed by atoms with Crippen LogP contribution in [-0.2, 0) is 16.6 Å². The monoisotopic (exact) mass is 401 g/mol. The molecule has 0 saturated carbocycles. The summed E-state index contributed by atoms with van der Waals surface area (Å²) in [4.78, 5) is 34.7. The quantitative estimate of drug-likeness (QED) is 0.562. The minimum atomic E-state index is -1.24. The van der Waals surface area contributed by atoms with Gasteiger partial charge in [-0.3, -0.25) is 9.59 Å². The molecule has 0 spiro atoms. The van der Waals surface area contributed by atoms with Gasteiger partial charge in [-0.05, 0) is 24.1 Å². The Hall–Kier alpha value is -3.54. The van der Waals surface area contributed by atoms with E-state index in [9.17, 15) is 9.59 Å². The standard InChI is InChI=1S/C24H23N3O3/c1-3-24(23(29)26-22(30-24)18-12-8-5-9-13-18)19(17-10-6-4-7-11-17)16-20(28)21-25-14-15-27(21)2/h4-15,19H,3,16H2,1-2H3/t19-,24+/m1/s1. The third-order valence-corrected chi connectivity index (χ3v) is 5.61. The molecule has 1 aliphatic heterocycles. The lowest BCUT2D eigenvalue weighted by Crippen LogP contribution is -2.44. The van der Waals surface area contributed by atoms with Crippen LogP contribution < -0.4 is 0 Å². The number of ether oxygens (including phenoxy) is 1. The van der Waals surface area contributed by atoms with Crippen molar-refractivity contribution < 1.29 is 14.3 Å². The zero-order chi connectivity index (χ0) is 21.1. The van der Waals surface area contributed by atoms with Crippen LogP contribution in [0.4, 0.5) is 0 Å². The van der Waals surface area contributed by atoms with E-state index in [0.717, 1.165) is 11.1 Å². The normalized spacial score (nSPS) is 19.3. The fourth-order valence-corrected chi connectivity index (χ4v) is 3.97. The Morgan fingerprint density at radius 2 is 1.77 bits per heavy atom. The Labute approximate surface area is 175 Å². The summed E-state index contributed by atoms with van der Waals surface area (Å²) in [7, 11) is 1.78. The summed E-state index contributed by atoms with van der Waals surface area (Å²) < 4.78 is 7.97. The van der Waals surface area contributed by atoms with E-state index < -0.39 is 11.5 Å². The fourth-order valence-electron chi connectivity index (χ4n) is 3.97. The van der Waals surface area contributed by atoms with Crippen molar-refractivity contribution in [2.24, 2.45) is 12.0 Å². The van der Waals surface area contributed by atoms with Gasteiger partial charge in [0.05, 0.1) is 0 Å². The second-order valence-corrected chi connectivity index (χ2v) is 7.39. The molecule has 0 fully saturated rings. The molecule has 0 radical (unpaired) electrons. The second-order valence-electron chi connectivity index (χ2n) is 7.39. The van der Waals surface area contributed by atoms with Crippen LogP contribution in [-0.4, -0.2) is 32.7 Å². The predicted octanol–water partition coefficient (Wildman–Crippen LogP) is 3.93. The van der Waals surface area contributed by atoms with E-state index in [4.69, 9.17) is 4.74 Å². The van der Waals surface area contributed by atoms with Gasteiger partial charge in [0.2, 0.25) is 5.90 Å². The average molecular weight is 401 g/mol. The Balaban J connectivity index is 1.73. The average Bonchev–Trinajstić information content (AvgIpc) is 3.36. The molecule has 4 rings (SSSR count). The zero-order valence-electron chi connectivity index (χ0n) is 17.0. The van der Waals surface area contributed by atoms with E-state index in [-0.39, 0.29) is 18.1 Å². The minimum Gasteiger partial charge on any atom is -0.460 e. The summed E-state index contributed by atoms with van der Waals surface area (Å²) in [6.07, 6.45) is 3.80. The van der Waals surface area contributed by atoms with Crippen LogP contribution in [0.5, 0.6) is 0 Å². The van der Waals surface area contributed by atoms with E-state index >= 15 is 0 Å². The van der Waals surface area contributed by atoms with Crippen molar-refractivity contribution in [3.05, 3.63) is 90.0 Å². The molecule has 1 amide bonds. The van der Waals surface area contributed by atoms with Crippen LogP contribution in [0.1, 0.15) is 47.4 Å². The van der Waals surface area contributed by atoms with Crippen LogP contribution in [0.25, 0.3) is 0 Å². The van der Waals surface area contributed by atoms with Crippen LogP contribution >= 0.6 is 0 Å². The largest absolute Gasteiger partial charge is 0.460 e. The summed E-state index contributed by atoms with van der Waals surface area (Å²) in [5.74, 6) is -0.339. The highest BCUT2D eigenvalue weighted by Gasteiger charge is 2.52. The lowest BCUT2D eigenvalue weighted by molar-refractivity contribution is -0.133. The van der Waals surface area contributed by atoms with Gasteiger partial charge in [0, 0.05) is 37.3 Å². The van der Waals surface area contributed by atoms with Crippen LogP contribution in [0.15, 0.2) is 78.0 Å². The first-order valence-corrected chi connectivity index (χ1v) is 9.98. The second kappa shape index (κ2) is 8.06. The Morgan fingerprint density at radius 1 is 1.10 bits per heavy atom. The highest BCUT2D eigenvalue weighted by molar-refractivity contribution is 6.10. The maximum Gasteiger partial charge on any atom is 0.293 e. The van der Waals surface area contributed by atoms with Gasteiger partial charge in [-0.15, -0.1) is 0 Å². The van der Waals surface area contributed by atoms with Crippen LogP contribution in [0, 0.1) is 0 Å². The third kappa shape index (κ3) is 3.45. The minimum absolute atomic E-state index is 0.0893. The van der Waals surface area contributed by atoms with E-state index in [1.165, 1.54) is 0 Å². The summed E-state index contributed by atoms with van der Waals surface area (Å²) in [6, 6.07) is 18.9. The van der Waals surface area contributed by atoms with Crippen molar-refractivity contribution in [3.63, 3.8) is 0 Å². The number of aromatic nitrogens is 2. The molecule has 2 atom stereocenters. The molecule has 1 aliphatic rings. The molecule has 152 valence electrons. The molecule has 0 unspecified atom stereocenters. The van der Waals surface area contributed by atoms with Gasteiger partial charge >= 0.3 is 0 Å². The lowest BCUT2D eigenvalue weighted by atomic mass is 9.76. The van der Waals surface area contributed by atoms with Crippen molar-refractivity contribution in [2.75, 3.05) is 0 Å². The summed E-state index contributed by atoms with van der Waals surface area (Å²) in [5.41, 5.74) is 0.357. The Morgan fingerprint density at radius 3 is 2.37 bits per heavy atom. The summed E-state index contributed by atoms with van der Waals surface area (Å²) in [6.45, 7) is 1.89. The number of carbonyl (C=O) groups excluding carboxylic acids is 2. The molecule has 0 N–H and O–H groups in total. The van der Waals surface area contributed by atoms with Crippen molar-refractivity contribution in [1.29, 1.82) is 0 Å². The van der Waals surface area contributed by atoms with Crippen molar-refractivity contribution in [3.8, 4) is 0 Å². The molecule has 6 heteroatoms. The number of nitrogens with zero attached hydrogens (tertiary/aromatic N) is 3. The van der Waals surface area contributed by atoms with Gasteiger partial charge in [-0.25, -0.2) is 4.98 Å². The molecule has 2 heterocycles. The highest BCUT2D eigenvalue weighted by Crippen LogP contribution is 2.42. The highest BCUT2D eigenvalue weighted by atomic mass is 16.5. The van der Waals surface area contributed by atoms with Crippen molar-refractivity contribution in [2.45, 2.75) is 31.3 Å². The zero-order valence-corrected chi connectivity index (χ0v) is 17.0. The van der Waals surface area contributed by atoms with E-state index in [1.54, 1.807) is 24.0 Å². The SMILES string of the molecule is CC[C@@]1([C@H](CC(=O)c2nccn2C)c2ccccc2)OC(c2ccccc2)=NC1=O. The summed E-state index contributed by atoms with van der Waals surface area (Å²) in [5, 5.41) is 0. The maximum absolute atomic E-state index is 13.2. The molecule has 1 aromatic heterocycles. The number of amides is 1. The molecule has 30 heavy (non-hydrogen) atoms. The number of rotatable bonds is 7. The van der Waals surface area contributed by atoms with Gasteiger partial charge < -0.3 is 9.30 Å². The van der Waals surface area contributed by atoms with Crippen molar-refractivity contribution >= 4 is 17.6 Å². The number of benzene rings is 2. The molecule has 0 saturated heterocycles. The molecule has 2 aromatic carbocycles. The van der Waals surface area contributed by atoms with Crippen LogP contribution in [0.3, 0.4) is 0 Å². The van der Waals surface area contributed by atoms with Gasteiger partial charge in [-0.1, -0.05) is 55.5 Å². The first kappa shape index (κ1) is 19.8. The molecule has 6 nitrogen and oxygen atoms in total. The fraction of sp³-hybridized carbons (Fsp3) is 0.250. The Bertz CT molecular complexity index is 1090. The molecular formula is C24H23N3O3. The van der Waals surface area contributed by atoms with Gasteiger partial charge in [0.15, 0.2) is 17.2 Å². The molecule has 0 aliphatic carbocycles. The van der Waals surface area contributed by atoms with Gasteiger partial charge in [-0.2, -0.15) is 4.99 Å². The number of aliphatic imine (C=N–C) groups is 1. The number of carbonyl (C=O) groups is 2. The number of hydrogen-bond donors (Lipinski definition) is 0. The Kier molecular flexibility index (Phi) is 5.31. The predicted molar refractivity (Wildman–Crippen MR) is 113 cm³/mol. The number of ketones is 1. The van der Waals surface area contributed by atoms with E-state index in [2.05, 4.69) is 9.98 Å². The number of aryl methyl sites for hydroxylation is 1. The third-order valence-electron chi connectivity index (χ3n) is 5.61. The smallest absolute Gasteiger partial charge is 0.293 e. The first-order chi connectivity index (χ1) is 14.5. The molecular weight excluding hydrogens is 378 g/mol. The maximum atomic E-state index is 13.2. The van der Waals surface area contributed by atoms with E-state index in [0.29, 0.717) is 18.1 Å².